The Kier molecular flexibility index (Phi) is 3.50. The lowest BCUT2D eigenvalue weighted by Gasteiger charge is -2.19. The van der Waals surface area contributed by atoms with Crippen LogP contribution in [-0.2, 0) is 21.3 Å². The van der Waals surface area contributed by atoms with Crippen LogP contribution in [0.3, 0.4) is 0 Å². The first-order valence-electron chi connectivity index (χ1n) is 7.02. The molecule has 0 unspecified atom stereocenters. The number of benzene rings is 2. The van der Waals surface area contributed by atoms with E-state index in [2.05, 4.69) is 4.74 Å². The van der Waals surface area contributed by atoms with Gasteiger partial charge in [-0.15, -0.1) is 0 Å². The second-order valence-corrected chi connectivity index (χ2v) is 7.34. The summed E-state index contributed by atoms with van der Waals surface area (Å²) in [6, 6.07) is 5.62. The van der Waals surface area contributed by atoms with Crippen molar-refractivity contribution in [3.05, 3.63) is 41.0 Å². The van der Waals surface area contributed by atoms with Crippen molar-refractivity contribution in [2.24, 2.45) is 5.92 Å². The molecular weight excluding hydrogens is 320 g/mol. The lowest BCUT2D eigenvalue weighted by Crippen LogP contribution is -2.20. The van der Waals surface area contributed by atoms with E-state index >= 15 is 0 Å². The molecule has 0 fully saturated rings. The maximum absolute atomic E-state index is 12.0. The first-order valence-corrected chi connectivity index (χ1v) is 8.46. The lowest BCUT2D eigenvalue weighted by atomic mass is 9.90. The predicted molar refractivity (Wildman–Crippen MR) is 82.1 cm³/mol. The van der Waals surface area contributed by atoms with E-state index in [4.69, 9.17) is 0 Å². The van der Waals surface area contributed by atoms with Crippen LogP contribution in [0.1, 0.15) is 40.1 Å². The van der Waals surface area contributed by atoms with E-state index in [-0.39, 0.29) is 17.0 Å². The Balaban J connectivity index is 2.46. The Morgan fingerprint density at radius 2 is 1.74 bits per heavy atom. The van der Waals surface area contributed by atoms with Gasteiger partial charge in [0, 0.05) is 5.39 Å². The number of hydrogen-bond acceptors (Lipinski definition) is 5. The molecule has 2 aromatic carbocycles. The number of esters is 2. The molecule has 0 saturated heterocycles. The zero-order valence-corrected chi connectivity index (χ0v) is 13.3. The minimum Gasteiger partial charge on any atom is -0.386 e. The summed E-state index contributed by atoms with van der Waals surface area (Å²) in [5.74, 6) is -1.39. The molecule has 0 saturated carbocycles. The number of ether oxygens (including phenoxy) is 1. The van der Waals surface area contributed by atoms with Gasteiger partial charge in [0.1, 0.15) is 0 Å². The normalized spacial score (nSPS) is 14.4. The van der Waals surface area contributed by atoms with Gasteiger partial charge < -0.3 is 4.74 Å². The molecule has 3 rings (SSSR count). The summed E-state index contributed by atoms with van der Waals surface area (Å²) >= 11 is 0. The van der Waals surface area contributed by atoms with Gasteiger partial charge in [0.2, 0.25) is 0 Å². The molecule has 7 heteroatoms. The number of rotatable bonds is 3. The molecular formula is C16H14O6S. The lowest BCUT2D eigenvalue weighted by molar-refractivity contribution is 0.0391. The summed E-state index contributed by atoms with van der Waals surface area (Å²) < 4.78 is 36.9. The highest BCUT2D eigenvalue weighted by Crippen LogP contribution is 2.34. The van der Waals surface area contributed by atoms with Gasteiger partial charge in [0.15, 0.2) is 0 Å². The minimum absolute atomic E-state index is 0.0321. The number of carbonyl (C=O) groups excluding carboxylic acids is 2. The van der Waals surface area contributed by atoms with E-state index in [1.165, 1.54) is 6.07 Å². The first-order chi connectivity index (χ1) is 10.7. The van der Waals surface area contributed by atoms with E-state index < -0.39 is 27.0 Å². The van der Waals surface area contributed by atoms with Crippen molar-refractivity contribution in [2.45, 2.75) is 25.2 Å². The molecule has 0 aromatic heterocycles. The van der Waals surface area contributed by atoms with Gasteiger partial charge in [-0.2, -0.15) is 8.42 Å². The quantitative estimate of drug-likeness (QED) is 0.526. The maximum Gasteiger partial charge on any atom is 0.346 e. The largest absolute Gasteiger partial charge is 0.386 e. The summed E-state index contributed by atoms with van der Waals surface area (Å²) in [6.45, 7) is 4.00. The highest BCUT2D eigenvalue weighted by molar-refractivity contribution is 7.85. The monoisotopic (exact) mass is 334 g/mol. The number of carbonyl (C=O) groups is 2. The second-order valence-electron chi connectivity index (χ2n) is 5.92. The number of cyclic esters (lactones) is 2. The van der Waals surface area contributed by atoms with Gasteiger partial charge in [-0.3, -0.25) is 4.55 Å². The van der Waals surface area contributed by atoms with Crippen molar-refractivity contribution < 1.29 is 27.3 Å². The molecule has 1 N–H and O–H groups in total. The van der Waals surface area contributed by atoms with Crippen LogP contribution in [0.2, 0.25) is 0 Å². The topological polar surface area (TPSA) is 97.7 Å². The Morgan fingerprint density at radius 3 is 2.35 bits per heavy atom. The fourth-order valence-electron chi connectivity index (χ4n) is 2.81. The maximum atomic E-state index is 12.0. The third-order valence-electron chi connectivity index (χ3n) is 3.73. The van der Waals surface area contributed by atoms with Crippen molar-refractivity contribution in [2.75, 3.05) is 0 Å². The SMILES string of the molecule is CC(C)Cc1ccc2c3c(cc(S(=O)(=O)O)cc13)C(=O)OC2=O. The molecule has 2 aromatic rings. The van der Waals surface area contributed by atoms with Crippen LogP contribution in [0, 0.1) is 5.92 Å². The average molecular weight is 334 g/mol. The molecule has 0 atom stereocenters. The minimum atomic E-state index is -4.49. The van der Waals surface area contributed by atoms with E-state index in [9.17, 15) is 22.6 Å². The van der Waals surface area contributed by atoms with Crippen LogP contribution in [0.25, 0.3) is 10.8 Å². The van der Waals surface area contributed by atoms with Crippen molar-refractivity contribution in [1.82, 2.24) is 0 Å². The fourth-order valence-corrected chi connectivity index (χ4v) is 3.34. The summed E-state index contributed by atoms with van der Waals surface area (Å²) in [6.07, 6.45) is 0.633. The van der Waals surface area contributed by atoms with Crippen LogP contribution < -0.4 is 0 Å². The third-order valence-corrected chi connectivity index (χ3v) is 4.56. The average Bonchev–Trinajstić information content (AvgIpc) is 2.43. The predicted octanol–water partition coefficient (Wildman–Crippen LogP) is 2.60. The van der Waals surface area contributed by atoms with Crippen molar-refractivity contribution in [3.63, 3.8) is 0 Å². The van der Waals surface area contributed by atoms with E-state index in [0.29, 0.717) is 17.2 Å². The van der Waals surface area contributed by atoms with E-state index in [1.54, 1.807) is 12.1 Å². The van der Waals surface area contributed by atoms with Crippen molar-refractivity contribution in [1.29, 1.82) is 0 Å². The Bertz CT molecular complexity index is 956. The summed E-state index contributed by atoms with van der Waals surface area (Å²) in [5.41, 5.74) is 0.979. The van der Waals surface area contributed by atoms with Crippen LogP contribution in [-0.4, -0.2) is 24.9 Å². The molecule has 0 radical (unpaired) electrons. The highest BCUT2D eigenvalue weighted by Gasteiger charge is 2.30. The Morgan fingerprint density at radius 1 is 1.09 bits per heavy atom. The van der Waals surface area contributed by atoms with Gasteiger partial charge >= 0.3 is 11.9 Å². The van der Waals surface area contributed by atoms with Gasteiger partial charge in [0.05, 0.1) is 16.0 Å². The van der Waals surface area contributed by atoms with Crippen molar-refractivity contribution >= 4 is 32.8 Å². The fraction of sp³-hybridized carbons (Fsp3) is 0.250. The molecule has 0 aliphatic carbocycles. The molecule has 0 bridgehead atoms. The molecule has 1 aliphatic rings. The zero-order chi connectivity index (χ0) is 16.9. The van der Waals surface area contributed by atoms with Crippen LogP contribution in [0.5, 0.6) is 0 Å². The second kappa shape index (κ2) is 5.14. The molecule has 1 aliphatic heterocycles. The molecule has 1 heterocycles. The van der Waals surface area contributed by atoms with Gasteiger partial charge in [0.25, 0.3) is 10.1 Å². The van der Waals surface area contributed by atoms with Crippen LogP contribution >= 0.6 is 0 Å². The third kappa shape index (κ3) is 2.62. The summed E-state index contributed by atoms with van der Waals surface area (Å²) in [4.78, 5) is 23.5. The molecule has 23 heavy (non-hydrogen) atoms. The summed E-state index contributed by atoms with van der Waals surface area (Å²) in [5, 5.41) is 0.836. The smallest absolute Gasteiger partial charge is 0.346 e. The highest BCUT2D eigenvalue weighted by atomic mass is 32.2. The molecule has 6 nitrogen and oxygen atoms in total. The standard InChI is InChI=1S/C16H14O6S/c1-8(2)5-9-3-4-11-14-12(9)6-10(23(19,20)21)7-13(14)16(18)22-15(11)17/h3-4,6-8H,5H2,1-2H3,(H,19,20,21). The summed E-state index contributed by atoms with van der Waals surface area (Å²) in [7, 11) is -4.49. The van der Waals surface area contributed by atoms with Gasteiger partial charge in [-0.25, -0.2) is 9.59 Å². The Hall–Kier alpha value is -2.25. The van der Waals surface area contributed by atoms with Crippen LogP contribution in [0.4, 0.5) is 0 Å². The number of hydrogen-bond donors (Lipinski definition) is 1. The molecule has 0 amide bonds. The van der Waals surface area contributed by atoms with Gasteiger partial charge in [-0.05, 0) is 41.5 Å². The van der Waals surface area contributed by atoms with Gasteiger partial charge in [-0.1, -0.05) is 19.9 Å². The molecule has 0 spiro atoms. The van der Waals surface area contributed by atoms with E-state index in [1.807, 2.05) is 13.8 Å². The van der Waals surface area contributed by atoms with E-state index in [0.717, 1.165) is 11.6 Å². The first kappa shape index (κ1) is 15.6. The van der Waals surface area contributed by atoms with Crippen molar-refractivity contribution in [3.8, 4) is 0 Å². The zero-order valence-electron chi connectivity index (χ0n) is 12.5. The Labute approximate surface area is 132 Å². The van der Waals surface area contributed by atoms with Crippen LogP contribution in [0.15, 0.2) is 29.2 Å². The molecule has 120 valence electrons.